The van der Waals surface area contributed by atoms with E-state index < -0.39 is 47.2 Å². The highest BCUT2D eigenvalue weighted by Crippen LogP contribution is 2.39. The van der Waals surface area contributed by atoms with Crippen molar-refractivity contribution in [2.75, 3.05) is 5.32 Å². The molecule has 2 aromatic carbocycles. The molecule has 0 aliphatic rings. The number of halogens is 5. The number of carboxylic acids is 1. The van der Waals surface area contributed by atoms with Gasteiger partial charge >= 0.3 is 12.6 Å². The molecule has 12 heteroatoms. The largest absolute Gasteiger partial charge is 0.481 e. The van der Waals surface area contributed by atoms with E-state index in [0.29, 0.717) is 6.07 Å². The summed E-state index contributed by atoms with van der Waals surface area (Å²) in [6.45, 7) is -3.21. The number of nitro groups is 1. The first kappa shape index (κ1) is 21.8. The Morgan fingerprint density at radius 2 is 2.07 bits per heavy atom. The molecule has 7 nitrogen and oxygen atoms in total. The number of hydrogen-bond acceptors (Lipinski definition) is 5. The number of alkyl halides is 2. The molecule has 0 aliphatic heterocycles. The third-order valence-electron chi connectivity index (χ3n) is 3.52. The van der Waals surface area contributed by atoms with Crippen molar-refractivity contribution in [2.24, 2.45) is 0 Å². The maximum Gasteiger partial charge on any atom is 0.387 e. The molecule has 0 spiro atoms. The van der Waals surface area contributed by atoms with E-state index in [0.717, 1.165) is 12.1 Å². The second-order valence-electron chi connectivity index (χ2n) is 5.37. The average molecular weight is 484 g/mol. The standard InChI is InChI=1S/C16H11BrClF3N2O5/c17-7-4-10(12(23(26)27)5-9(7)19)22-11(6-14(24)25)15-8(18)2-1-3-13(15)28-16(20)21/h1-5,11,16,22H,6H2,(H,24,25)/t11-/m1/s1. The highest BCUT2D eigenvalue weighted by molar-refractivity contribution is 9.10. The number of rotatable bonds is 8. The highest BCUT2D eigenvalue weighted by atomic mass is 79.9. The number of anilines is 1. The molecule has 2 aromatic rings. The molecule has 0 bridgehead atoms. The number of aliphatic carboxylic acids is 1. The zero-order valence-electron chi connectivity index (χ0n) is 13.7. The van der Waals surface area contributed by atoms with Gasteiger partial charge in [-0.05, 0) is 34.1 Å². The zero-order chi connectivity index (χ0) is 21.0. The van der Waals surface area contributed by atoms with E-state index in [9.17, 15) is 33.2 Å². The Balaban J connectivity index is 2.57. The number of benzene rings is 2. The minimum atomic E-state index is -3.21. The number of carboxylic acid groups (broad SMARTS) is 1. The Hall–Kier alpha value is -2.53. The van der Waals surface area contributed by atoms with Gasteiger partial charge in [0.15, 0.2) is 0 Å². The first-order chi connectivity index (χ1) is 13.1. The molecule has 2 rings (SSSR count). The lowest BCUT2D eigenvalue weighted by molar-refractivity contribution is -0.384. The van der Waals surface area contributed by atoms with E-state index in [1.807, 2.05) is 0 Å². The lowest BCUT2D eigenvalue weighted by Gasteiger charge is -2.22. The number of nitrogens with one attached hydrogen (secondary N) is 1. The zero-order valence-corrected chi connectivity index (χ0v) is 16.0. The Labute approximate surface area is 169 Å². The van der Waals surface area contributed by atoms with E-state index >= 15 is 0 Å². The van der Waals surface area contributed by atoms with Crippen molar-refractivity contribution in [3.8, 4) is 5.75 Å². The molecule has 2 N–H and O–H groups in total. The van der Waals surface area contributed by atoms with E-state index in [-0.39, 0.29) is 20.7 Å². The van der Waals surface area contributed by atoms with Crippen LogP contribution in [0.15, 0.2) is 34.8 Å². The van der Waals surface area contributed by atoms with Crippen LogP contribution >= 0.6 is 27.5 Å². The molecule has 0 fully saturated rings. The van der Waals surface area contributed by atoms with Gasteiger partial charge in [0.05, 0.1) is 27.9 Å². The minimum Gasteiger partial charge on any atom is -0.481 e. The summed E-state index contributed by atoms with van der Waals surface area (Å²) < 4.78 is 43.4. The molecular formula is C16H11BrClF3N2O5. The number of nitro benzene ring substituents is 1. The number of nitrogens with zero attached hydrogens (tertiary/aromatic N) is 1. The third kappa shape index (κ3) is 5.26. The van der Waals surface area contributed by atoms with Crippen molar-refractivity contribution >= 4 is 44.9 Å². The van der Waals surface area contributed by atoms with Crippen LogP contribution in [0.3, 0.4) is 0 Å². The Bertz CT molecular complexity index is 916. The van der Waals surface area contributed by atoms with E-state index in [2.05, 4.69) is 26.0 Å². The summed E-state index contributed by atoms with van der Waals surface area (Å²) in [5, 5.41) is 22.9. The van der Waals surface area contributed by atoms with Crippen LogP contribution in [0, 0.1) is 15.9 Å². The Morgan fingerprint density at radius 1 is 1.39 bits per heavy atom. The fourth-order valence-corrected chi connectivity index (χ4v) is 3.09. The van der Waals surface area contributed by atoms with Crippen LogP contribution in [-0.4, -0.2) is 22.6 Å². The number of hydrogen-bond donors (Lipinski definition) is 2. The predicted molar refractivity (Wildman–Crippen MR) is 97.5 cm³/mol. The van der Waals surface area contributed by atoms with E-state index in [4.69, 9.17) is 11.6 Å². The molecule has 0 radical (unpaired) electrons. The van der Waals surface area contributed by atoms with Gasteiger partial charge in [-0.1, -0.05) is 17.7 Å². The Morgan fingerprint density at radius 3 is 2.64 bits per heavy atom. The summed E-state index contributed by atoms with van der Waals surface area (Å²) in [6, 6.07) is 4.16. The fraction of sp³-hybridized carbons (Fsp3) is 0.188. The van der Waals surface area contributed by atoms with Crippen LogP contribution in [0.4, 0.5) is 24.5 Å². The quantitative estimate of drug-likeness (QED) is 0.386. The molecule has 1 atom stereocenters. The summed E-state index contributed by atoms with van der Waals surface area (Å²) in [6.07, 6.45) is -0.685. The average Bonchev–Trinajstić information content (AvgIpc) is 2.56. The second-order valence-corrected chi connectivity index (χ2v) is 6.63. The molecule has 0 heterocycles. The first-order valence-electron chi connectivity index (χ1n) is 7.45. The first-order valence-corrected chi connectivity index (χ1v) is 8.62. The molecular weight excluding hydrogens is 473 g/mol. The molecule has 150 valence electrons. The number of ether oxygens (including phenoxy) is 1. The van der Waals surface area contributed by atoms with E-state index in [1.165, 1.54) is 12.1 Å². The highest BCUT2D eigenvalue weighted by Gasteiger charge is 2.27. The molecule has 0 amide bonds. The van der Waals surface area contributed by atoms with Gasteiger partial charge in [-0.3, -0.25) is 14.9 Å². The van der Waals surface area contributed by atoms with Gasteiger partial charge in [0.2, 0.25) is 0 Å². The van der Waals surface area contributed by atoms with Gasteiger partial charge in [0.25, 0.3) is 5.69 Å². The maximum atomic E-state index is 13.7. The van der Waals surface area contributed by atoms with Crippen LogP contribution in [-0.2, 0) is 4.79 Å². The van der Waals surface area contributed by atoms with Crippen molar-refractivity contribution in [2.45, 2.75) is 19.1 Å². The van der Waals surface area contributed by atoms with Crippen molar-refractivity contribution in [3.63, 3.8) is 0 Å². The second kappa shape index (κ2) is 9.11. The number of carbonyl (C=O) groups is 1. The smallest absolute Gasteiger partial charge is 0.387 e. The topological polar surface area (TPSA) is 102 Å². The third-order valence-corrected chi connectivity index (χ3v) is 4.46. The lowest BCUT2D eigenvalue weighted by Crippen LogP contribution is -2.18. The molecule has 0 aromatic heterocycles. The molecule has 0 saturated heterocycles. The SMILES string of the molecule is O=C(O)C[C@@H](Nc1cc(Br)c(F)cc1[N+](=O)[O-])c1c(Cl)cccc1OC(F)F. The molecule has 0 saturated carbocycles. The lowest BCUT2D eigenvalue weighted by atomic mass is 10.0. The van der Waals surface area contributed by atoms with Crippen molar-refractivity contribution < 1.29 is 32.7 Å². The molecule has 28 heavy (non-hydrogen) atoms. The van der Waals surface area contributed by atoms with E-state index in [1.54, 1.807) is 0 Å². The van der Waals surface area contributed by atoms with Gasteiger partial charge in [-0.2, -0.15) is 8.78 Å². The predicted octanol–water partition coefficient (Wildman–Crippen LogP) is 5.38. The van der Waals surface area contributed by atoms with Gasteiger partial charge in [0.1, 0.15) is 17.3 Å². The van der Waals surface area contributed by atoms with Crippen LogP contribution in [0.1, 0.15) is 18.0 Å². The molecule has 0 aliphatic carbocycles. The van der Waals surface area contributed by atoms with Crippen LogP contribution in [0.5, 0.6) is 5.75 Å². The van der Waals surface area contributed by atoms with Crippen molar-refractivity contribution in [3.05, 3.63) is 61.3 Å². The fourth-order valence-electron chi connectivity index (χ4n) is 2.44. The summed E-state index contributed by atoms with van der Waals surface area (Å²) in [5.74, 6) is -2.65. The maximum absolute atomic E-state index is 13.7. The summed E-state index contributed by atoms with van der Waals surface area (Å²) in [4.78, 5) is 21.6. The Kier molecular flexibility index (Phi) is 7.08. The van der Waals surface area contributed by atoms with Crippen LogP contribution in [0.25, 0.3) is 0 Å². The van der Waals surface area contributed by atoms with Gasteiger partial charge in [-0.25, -0.2) is 4.39 Å². The van der Waals surface area contributed by atoms with Crippen molar-refractivity contribution in [1.29, 1.82) is 0 Å². The molecule has 0 unspecified atom stereocenters. The monoisotopic (exact) mass is 482 g/mol. The van der Waals surface area contributed by atoms with Gasteiger partial charge in [-0.15, -0.1) is 0 Å². The van der Waals surface area contributed by atoms with Gasteiger partial charge in [0, 0.05) is 10.6 Å². The van der Waals surface area contributed by atoms with Crippen LogP contribution in [0.2, 0.25) is 5.02 Å². The van der Waals surface area contributed by atoms with Gasteiger partial charge < -0.3 is 15.2 Å². The summed E-state index contributed by atoms with van der Waals surface area (Å²) in [7, 11) is 0. The summed E-state index contributed by atoms with van der Waals surface area (Å²) in [5.41, 5.74) is -1.06. The summed E-state index contributed by atoms with van der Waals surface area (Å²) >= 11 is 8.94. The van der Waals surface area contributed by atoms with Crippen LogP contribution < -0.4 is 10.1 Å². The normalized spacial score (nSPS) is 11.9. The van der Waals surface area contributed by atoms with Crippen molar-refractivity contribution in [1.82, 2.24) is 0 Å². The minimum absolute atomic E-state index is 0.0965.